The molecule has 4 aliphatic rings. The molecule has 5 rings (SSSR count). The van der Waals surface area contributed by atoms with Crippen LogP contribution < -0.4 is 16.0 Å². The molecule has 218 valence electrons. The zero-order chi connectivity index (χ0) is 28.4. The third kappa shape index (κ3) is 5.88. The average molecular weight is 554 g/mol. The van der Waals surface area contributed by atoms with E-state index in [1.54, 1.807) is 21.9 Å². The van der Waals surface area contributed by atoms with Gasteiger partial charge in [-0.3, -0.25) is 19.2 Å². The van der Waals surface area contributed by atoms with Crippen molar-refractivity contribution in [2.75, 3.05) is 44.3 Å². The highest BCUT2D eigenvalue weighted by Gasteiger charge is 2.53. The van der Waals surface area contributed by atoms with Crippen molar-refractivity contribution in [1.82, 2.24) is 15.1 Å². The molecule has 3 heterocycles. The van der Waals surface area contributed by atoms with Crippen LogP contribution in [-0.2, 0) is 19.1 Å². The summed E-state index contributed by atoms with van der Waals surface area (Å²) in [6.45, 7) is 7.36. The second-order valence-electron chi connectivity index (χ2n) is 12.1. The lowest BCUT2D eigenvalue weighted by atomic mass is 9.97. The zero-order valence-electron chi connectivity index (χ0n) is 23.7. The molecule has 3 saturated heterocycles. The predicted octanol–water partition coefficient (Wildman–Crippen LogP) is 1.57. The maximum Gasteiger partial charge on any atom is 0.251 e. The maximum atomic E-state index is 13.8. The van der Waals surface area contributed by atoms with Crippen LogP contribution in [0, 0.1) is 11.8 Å². The molecule has 3 aliphatic heterocycles. The Morgan fingerprint density at radius 2 is 1.65 bits per heavy atom. The van der Waals surface area contributed by atoms with Crippen LogP contribution in [0.3, 0.4) is 0 Å². The van der Waals surface area contributed by atoms with Gasteiger partial charge >= 0.3 is 0 Å². The highest BCUT2D eigenvalue weighted by molar-refractivity contribution is 6.01. The topological polar surface area (TPSA) is 125 Å². The molecule has 3 N–H and O–H groups in total. The van der Waals surface area contributed by atoms with Crippen molar-refractivity contribution < 1.29 is 23.9 Å². The van der Waals surface area contributed by atoms with Crippen LogP contribution in [0.5, 0.6) is 0 Å². The molecule has 10 heteroatoms. The van der Waals surface area contributed by atoms with Crippen LogP contribution in [0.2, 0.25) is 0 Å². The first kappa shape index (κ1) is 28.5. The van der Waals surface area contributed by atoms with Crippen LogP contribution in [0.4, 0.5) is 5.69 Å². The maximum absolute atomic E-state index is 13.8. The molecule has 1 aliphatic carbocycles. The number of hydrogen-bond donors (Lipinski definition) is 2. The number of nitrogens with zero attached hydrogens (tertiary/aromatic N) is 3. The molecular formula is C30H43N5O5. The molecule has 1 aromatic carbocycles. The van der Waals surface area contributed by atoms with Crippen LogP contribution in [-0.4, -0.2) is 96.9 Å². The summed E-state index contributed by atoms with van der Waals surface area (Å²) in [5.74, 6) is -0.569. The van der Waals surface area contributed by atoms with Gasteiger partial charge in [-0.05, 0) is 61.8 Å². The van der Waals surface area contributed by atoms with Crippen molar-refractivity contribution in [1.29, 1.82) is 0 Å². The van der Waals surface area contributed by atoms with Gasteiger partial charge in [-0.25, -0.2) is 0 Å². The van der Waals surface area contributed by atoms with E-state index in [9.17, 15) is 19.2 Å². The lowest BCUT2D eigenvalue weighted by Crippen LogP contribution is -2.53. The Bertz CT molecular complexity index is 1100. The number of rotatable bonds is 8. The van der Waals surface area contributed by atoms with Gasteiger partial charge in [-0.1, -0.05) is 26.7 Å². The van der Waals surface area contributed by atoms with E-state index in [1.165, 1.54) is 0 Å². The Morgan fingerprint density at radius 1 is 0.975 bits per heavy atom. The summed E-state index contributed by atoms with van der Waals surface area (Å²) in [6.07, 6.45) is 5.05. The third-order valence-electron chi connectivity index (χ3n) is 9.00. The minimum Gasteiger partial charge on any atom is -0.378 e. The number of nitrogens with one attached hydrogen (secondary N) is 1. The van der Waals surface area contributed by atoms with Gasteiger partial charge in [0.25, 0.3) is 5.91 Å². The summed E-state index contributed by atoms with van der Waals surface area (Å²) in [5, 5.41) is 2.95. The summed E-state index contributed by atoms with van der Waals surface area (Å²) in [7, 11) is 0. The molecule has 0 spiro atoms. The summed E-state index contributed by atoms with van der Waals surface area (Å²) >= 11 is 0. The van der Waals surface area contributed by atoms with E-state index < -0.39 is 18.1 Å². The number of carbonyl (C=O) groups excluding carboxylic acids is 4. The molecule has 10 nitrogen and oxygen atoms in total. The van der Waals surface area contributed by atoms with E-state index in [1.807, 2.05) is 26.0 Å². The van der Waals surface area contributed by atoms with Gasteiger partial charge in [0.05, 0.1) is 31.8 Å². The van der Waals surface area contributed by atoms with Gasteiger partial charge in [0.1, 0.15) is 12.1 Å². The smallest absolute Gasteiger partial charge is 0.251 e. The number of carbonyl (C=O) groups is 4. The molecule has 40 heavy (non-hydrogen) atoms. The normalized spacial score (nSPS) is 24.9. The number of hydrogen-bond acceptors (Lipinski definition) is 7. The van der Waals surface area contributed by atoms with Crippen molar-refractivity contribution >= 4 is 29.2 Å². The fourth-order valence-corrected chi connectivity index (χ4v) is 6.85. The second kappa shape index (κ2) is 12.3. The predicted molar refractivity (Wildman–Crippen MR) is 151 cm³/mol. The van der Waals surface area contributed by atoms with Gasteiger partial charge in [-0.15, -0.1) is 0 Å². The Labute approximate surface area is 236 Å². The number of likely N-dealkylation sites (tertiary alicyclic amines) is 2. The van der Waals surface area contributed by atoms with E-state index in [4.69, 9.17) is 10.5 Å². The molecule has 1 aromatic rings. The lowest BCUT2D eigenvalue weighted by Gasteiger charge is -2.30. The number of Topliss-reactive ketones (excluding diaryl/α,β-unsaturated/α-hetero) is 1. The summed E-state index contributed by atoms with van der Waals surface area (Å²) in [4.78, 5) is 58.9. The number of benzene rings is 1. The second-order valence-corrected chi connectivity index (χ2v) is 12.1. The van der Waals surface area contributed by atoms with Crippen molar-refractivity contribution in [2.24, 2.45) is 17.6 Å². The Hall–Kier alpha value is -2.98. The molecule has 0 radical (unpaired) electrons. The summed E-state index contributed by atoms with van der Waals surface area (Å²) < 4.78 is 5.42. The highest BCUT2D eigenvalue weighted by Crippen LogP contribution is 2.33. The molecule has 4 fully saturated rings. The average Bonchev–Trinajstić information content (AvgIpc) is 3.71. The van der Waals surface area contributed by atoms with Crippen LogP contribution in [0.1, 0.15) is 62.7 Å². The monoisotopic (exact) mass is 553 g/mol. The van der Waals surface area contributed by atoms with Gasteiger partial charge < -0.3 is 30.5 Å². The Morgan fingerprint density at radius 3 is 2.30 bits per heavy atom. The fraction of sp³-hybridized carbons (Fsp3) is 0.667. The zero-order valence-corrected chi connectivity index (χ0v) is 23.7. The Balaban J connectivity index is 1.25. The minimum atomic E-state index is -0.761. The van der Waals surface area contributed by atoms with E-state index in [0.29, 0.717) is 38.2 Å². The van der Waals surface area contributed by atoms with Gasteiger partial charge in [0, 0.05) is 30.9 Å². The van der Waals surface area contributed by atoms with E-state index >= 15 is 0 Å². The van der Waals surface area contributed by atoms with Crippen molar-refractivity contribution in [3.63, 3.8) is 0 Å². The first-order valence-corrected chi connectivity index (χ1v) is 14.9. The Kier molecular flexibility index (Phi) is 8.75. The molecule has 1 saturated carbocycles. The molecule has 4 atom stereocenters. The van der Waals surface area contributed by atoms with Gasteiger partial charge in [0.15, 0.2) is 5.78 Å². The number of nitrogens with two attached hydrogens (primary N) is 1. The number of fused-ring (bicyclic) bond motifs is 1. The summed E-state index contributed by atoms with van der Waals surface area (Å²) in [6, 6.07) is 5.02. The van der Waals surface area contributed by atoms with Crippen molar-refractivity contribution in [3.8, 4) is 0 Å². The van der Waals surface area contributed by atoms with E-state index in [0.717, 1.165) is 44.5 Å². The van der Waals surface area contributed by atoms with Crippen molar-refractivity contribution in [3.05, 3.63) is 29.8 Å². The summed E-state index contributed by atoms with van der Waals surface area (Å²) in [5.41, 5.74) is 7.86. The van der Waals surface area contributed by atoms with Crippen LogP contribution in [0.15, 0.2) is 24.3 Å². The standard InChI is InChI=1S/C30H43N5O5/c1-19(2)17-23(32-28(37)21-7-9-22(10-8-21)33-13-15-40-16-14-33)29(38)34-12-11-24-27(34)25(36)18-35(24)30(39)26(31)20-5-3-4-6-20/h7-10,19-20,23-24,26-27H,3-6,11-18,31H2,1-2H3,(H,32,37). The number of amides is 3. The molecular weight excluding hydrogens is 510 g/mol. The fourth-order valence-electron chi connectivity index (χ4n) is 6.85. The SMILES string of the molecule is CC(C)CC(NC(=O)c1ccc(N2CCOCC2)cc1)C(=O)N1CCC2C1C(=O)CN2C(=O)C(N)C1CCCC1. The van der Waals surface area contributed by atoms with E-state index in [2.05, 4.69) is 10.2 Å². The minimum absolute atomic E-state index is 0.00490. The number of morpholine rings is 1. The lowest BCUT2D eigenvalue weighted by molar-refractivity contribution is -0.138. The molecule has 0 bridgehead atoms. The van der Waals surface area contributed by atoms with Gasteiger partial charge in [-0.2, -0.15) is 0 Å². The van der Waals surface area contributed by atoms with Crippen LogP contribution in [0.25, 0.3) is 0 Å². The first-order chi connectivity index (χ1) is 19.2. The number of ketones is 1. The third-order valence-corrected chi connectivity index (χ3v) is 9.00. The molecule has 3 amide bonds. The number of anilines is 1. The first-order valence-electron chi connectivity index (χ1n) is 14.9. The van der Waals surface area contributed by atoms with Gasteiger partial charge in [0.2, 0.25) is 11.8 Å². The van der Waals surface area contributed by atoms with E-state index in [-0.39, 0.29) is 47.9 Å². The van der Waals surface area contributed by atoms with Crippen molar-refractivity contribution in [2.45, 2.75) is 76.5 Å². The largest absolute Gasteiger partial charge is 0.378 e. The molecule has 4 unspecified atom stereocenters. The van der Waals surface area contributed by atoms with Crippen LogP contribution >= 0.6 is 0 Å². The quantitative estimate of drug-likeness (QED) is 0.501. The number of ether oxygens (including phenoxy) is 1. The molecule has 0 aromatic heterocycles. The highest BCUT2D eigenvalue weighted by atomic mass is 16.5.